The molecule has 1 spiro atoms. The summed E-state index contributed by atoms with van der Waals surface area (Å²) >= 11 is 0. The Morgan fingerprint density at radius 1 is 0.655 bits per heavy atom. The fourth-order valence-electron chi connectivity index (χ4n) is 2.91. The van der Waals surface area contributed by atoms with E-state index in [1.165, 1.54) is 0 Å². The highest BCUT2D eigenvalue weighted by atomic mass is 31.2. The minimum atomic E-state index is -3.48. The van der Waals surface area contributed by atoms with Gasteiger partial charge in [-0.1, -0.05) is 35.4 Å². The van der Waals surface area contributed by atoms with Gasteiger partial charge in [-0.25, -0.2) is 9.13 Å². The summed E-state index contributed by atoms with van der Waals surface area (Å²) in [6, 6.07) is 14.9. The van der Waals surface area contributed by atoms with Crippen LogP contribution in [0.5, 0.6) is 0 Å². The van der Waals surface area contributed by atoms with Crippen molar-refractivity contribution in [3.8, 4) is 0 Å². The van der Waals surface area contributed by atoms with Crippen molar-refractivity contribution in [3.63, 3.8) is 0 Å². The van der Waals surface area contributed by atoms with Crippen molar-refractivity contribution in [2.45, 2.75) is 13.8 Å². The molecule has 0 radical (unpaired) electrons. The van der Waals surface area contributed by atoms with Gasteiger partial charge in [0.05, 0.1) is 31.8 Å². The second-order valence-corrected chi connectivity index (χ2v) is 11.0. The molecule has 4 rings (SSSR count). The summed E-state index contributed by atoms with van der Waals surface area (Å²) in [4.78, 5) is 0. The van der Waals surface area contributed by atoms with Crippen LogP contribution in [-0.4, -0.2) is 26.4 Å². The molecule has 2 aromatic carbocycles. The summed E-state index contributed by atoms with van der Waals surface area (Å²) in [5, 5.41) is 5.64. The third kappa shape index (κ3) is 4.92. The van der Waals surface area contributed by atoms with Gasteiger partial charge in [0.2, 0.25) is 0 Å². The van der Waals surface area contributed by atoms with E-state index in [1.807, 2.05) is 62.4 Å². The van der Waals surface area contributed by atoms with Crippen LogP contribution in [0.25, 0.3) is 0 Å². The number of anilines is 2. The number of hydrogen-bond acceptors (Lipinski definition) is 6. The van der Waals surface area contributed by atoms with Crippen LogP contribution < -0.4 is 10.2 Å². The topological polar surface area (TPSA) is 95.1 Å². The SMILES string of the molecule is Cc1ccc(NP2(=O)OCC3(CO2)COP(=O)(Nc2ccc(C)cc2)OC3)cc1. The Morgan fingerprint density at radius 3 is 1.28 bits per heavy atom. The lowest BCUT2D eigenvalue weighted by Gasteiger charge is -2.42. The van der Waals surface area contributed by atoms with Crippen LogP contribution in [0, 0.1) is 19.3 Å². The van der Waals surface area contributed by atoms with Crippen molar-refractivity contribution in [1.82, 2.24) is 0 Å². The summed E-state index contributed by atoms with van der Waals surface area (Å²) in [6.07, 6.45) is 0. The summed E-state index contributed by atoms with van der Waals surface area (Å²) in [7, 11) is -6.96. The first-order valence-electron chi connectivity index (χ1n) is 9.25. The predicted octanol–water partition coefficient (Wildman–Crippen LogP) is 5.12. The summed E-state index contributed by atoms with van der Waals surface area (Å²) in [5.41, 5.74) is 2.83. The van der Waals surface area contributed by atoms with Crippen LogP contribution in [0.2, 0.25) is 0 Å². The highest BCUT2D eigenvalue weighted by molar-refractivity contribution is 7.55. The smallest absolute Gasteiger partial charge is 0.293 e. The zero-order chi connectivity index (χ0) is 20.5. The Balaban J connectivity index is 1.34. The number of rotatable bonds is 4. The number of aryl methyl sites for hydroxylation is 2. The van der Waals surface area contributed by atoms with Gasteiger partial charge in [0.25, 0.3) is 0 Å². The fraction of sp³-hybridized carbons (Fsp3) is 0.368. The largest absolute Gasteiger partial charge is 0.432 e. The number of benzene rings is 2. The highest BCUT2D eigenvalue weighted by Gasteiger charge is 2.49. The third-order valence-corrected chi connectivity index (χ3v) is 7.74. The zero-order valence-corrected chi connectivity index (χ0v) is 18.1. The standard InChI is InChI=1S/C19H24N2O6P2/c1-15-3-7-17(8-4-15)20-28(22)24-11-19(12-25-28)13-26-29(23,27-14-19)21-18-9-5-16(2)6-10-18/h3-10H,11-14H2,1-2H3,(H,20,22)(H,21,23). The minimum absolute atomic E-state index is 0.105. The van der Waals surface area contributed by atoms with Gasteiger partial charge >= 0.3 is 15.5 Å². The molecule has 10 heteroatoms. The number of hydrogen-bond donors (Lipinski definition) is 2. The zero-order valence-electron chi connectivity index (χ0n) is 16.3. The molecule has 2 N–H and O–H groups in total. The molecule has 0 amide bonds. The minimum Gasteiger partial charge on any atom is -0.293 e. The predicted molar refractivity (Wildman–Crippen MR) is 111 cm³/mol. The molecular weight excluding hydrogens is 414 g/mol. The Kier molecular flexibility index (Phi) is 5.60. The monoisotopic (exact) mass is 438 g/mol. The van der Waals surface area contributed by atoms with Crippen molar-refractivity contribution in [3.05, 3.63) is 59.7 Å². The average Bonchev–Trinajstić information content (AvgIpc) is 2.71. The summed E-state index contributed by atoms with van der Waals surface area (Å²) in [6.45, 7) is 4.36. The fourth-order valence-corrected chi connectivity index (χ4v) is 6.03. The molecule has 0 bridgehead atoms. The molecule has 29 heavy (non-hydrogen) atoms. The van der Waals surface area contributed by atoms with Crippen LogP contribution in [0.3, 0.4) is 0 Å². The van der Waals surface area contributed by atoms with E-state index in [0.717, 1.165) is 11.1 Å². The van der Waals surface area contributed by atoms with Gasteiger partial charge in [0.1, 0.15) is 0 Å². The lowest BCUT2D eigenvalue weighted by Crippen LogP contribution is -2.46. The van der Waals surface area contributed by atoms with Crippen LogP contribution >= 0.6 is 15.5 Å². The highest BCUT2D eigenvalue weighted by Crippen LogP contribution is 2.58. The van der Waals surface area contributed by atoms with Crippen LogP contribution in [-0.2, 0) is 27.2 Å². The van der Waals surface area contributed by atoms with Crippen LogP contribution in [0.15, 0.2) is 48.5 Å². The Labute approximate surface area is 170 Å². The normalized spacial score (nSPS) is 32.1. The molecule has 2 aromatic rings. The quantitative estimate of drug-likeness (QED) is 0.635. The summed E-state index contributed by atoms with van der Waals surface area (Å²) in [5.74, 6) is 0. The Bertz CT molecular complexity index is 857. The lowest BCUT2D eigenvalue weighted by atomic mass is 9.93. The van der Waals surface area contributed by atoms with Crippen molar-refractivity contribution in [2.24, 2.45) is 5.41 Å². The molecule has 0 saturated carbocycles. The molecule has 0 atom stereocenters. The van der Waals surface area contributed by atoms with Gasteiger partial charge in [-0.2, -0.15) is 0 Å². The van der Waals surface area contributed by atoms with Gasteiger partial charge in [-0.3, -0.25) is 28.3 Å². The average molecular weight is 438 g/mol. The van der Waals surface area contributed by atoms with Crippen LogP contribution in [0.4, 0.5) is 11.4 Å². The molecule has 156 valence electrons. The van der Waals surface area contributed by atoms with Crippen molar-refractivity contribution in [1.29, 1.82) is 0 Å². The van der Waals surface area contributed by atoms with Crippen LogP contribution in [0.1, 0.15) is 11.1 Å². The van der Waals surface area contributed by atoms with E-state index in [4.69, 9.17) is 18.1 Å². The van der Waals surface area contributed by atoms with Gasteiger partial charge in [-0.05, 0) is 38.1 Å². The molecule has 8 nitrogen and oxygen atoms in total. The third-order valence-electron chi connectivity index (χ3n) is 4.80. The first-order valence-corrected chi connectivity index (χ1v) is 12.3. The Hall–Kier alpha value is -1.66. The van der Waals surface area contributed by atoms with E-state index in [0.29, 0.717) is 11.4 Å². The van der Waals surface area contributed by atoms with E-state index in [9.17, 15) is 9.13 Å². The molecule has 2 aliphatic heterocycles. The molecule has 2 saturated heterocycles. The molecule has 2 aliphatic rings. The van der Waals surface area contributed by atoms with Crippen molar-refractivity contribution >= 4 is 26.9 Å². The molecular formula is C19H24N2O6P2. The second-order valence-electron chi connectivity index (χ2n) is 7.54. The van der Waals surface area contributed by atoms with Crippen molar-refractivity contribution in [2.75, 3.05) is 36.6 Å². The van der Waals surface area contributed by atoms with E-state index < -0.39 is 20.9 Å². The first kappa shape index (κ1) is 20.6. The van der Waals surface area contributed by atoms with E-state index in [2.05, 4.69) is 10.2 Å². The maximum absolute atomic E-state index is 12.8. The van der Waals surface area contributed by atoms with E-state index in [-0.39, 0.29) is 26.4 Å². The van der Waals surface area contributed by atoms with Gasteiger partial charge in [0.15, 0.2) is 0 Å². The maximum Gasteiger partial charge on any atom is 0.432 e. The van der Waals surface area contributed by atoms with E-state index >= 15 is 0 Å². The lowest BCUT2D eigenvalue weighted by molar-refractivity contribution is -0.0667. The van der Waals surface area contributed by atoms with E-state index in [1.54, 1.807) is 0 Å². The van der Waals surface area contributed by atoms with Crippen molar-refractivity contribution < 1.29 is 27.2 Å². The second kappa shape index (κ2) is 7.88. The number of nitrogens with one attached hydrogen (secondary N) is 2. The first-order chi connectivity index (χ1) is 13.8. The van der Waals surface area contributed by atoms with Gasteiger partial charge in [0, 0.05) is 11.4 Å². The molecule has 2 fully saturated rings. The van der Waals surface area contributed by atoms with Gasteiger partial charge in [-0.15, -0.1) is 0 Å². The molecule has 0 aliphatic carbocycles. The molecule has 2 heterocycles. The maximum atomic E-state index is 12.8. The molecule has 0 aromatic heterocycles. The van der Waals surface area contributed by atoms with Gasteiger partial charge < -0.3 is 0 Å². The Morgan fingerprint density at radius 2 is 0.966 bits per heavy atom. The molecule has 0 unspecified atom stereocenters. The summed E-state index contributed by atoms with van der Waals surface area (Å²) < 4.78 is 47.8.